The van der Waals surface area contributed by atoms with E-state index in [1.807, 2.05) is 0 Å². The van der Waals surface area contributed by atoms with E-state index in [1.165, 1.54) is 38.9 Å². The highest BCUT2D eigenvalue weighted by Gasteiger charge is 2.22. The van der Waals surface area contributed by atoms with Crippen LogP contribution in [0.1, 0.15) is 51.4 Å². The maximum absolute atomic E-state index is 9.81. The molecule has 0 bridgehead atoms. The SMILES string of the molecule is NCCCCN1CCC(CCCC(N)(O)CCO)CC1. The van der Waals surface area contributed by atoms with Crippen LogP contribution in [0, 0.1) is 5.92 Å². The monoisotopic (exact) mass is 287 g/mol. The van der Waals surface area contributed by atoms with Crippen LogP contribution >= 0.6 is 0 Å². The Labute approximate surface area is 123 Å². The molecule has 0 radical (unpaired) electrons. The van der Waals surface area contributed by atoms with E-state index >= 15 is 0 Å². The summed E-state index contributed by atoms with van der Waals surface area (Å²) in [4.78, 5) is 2.54. The molecular formula is C15H33N3O2. The number of aliphatic hydroxyl groups is 2. The number of hydrogen-bond donors (Lipinski definition) is 4. The molecule has 1 saturated heterocycles. The summed E-state index contributed by atoms with van der Waals surface area (Å²) in [6, 6.07) is 0. The Kier molecular flexibility index (Phi) is 8.64. The molecule has 20 heavy (non-hydrogen) atoms. The van der Waals surface area contributed by atoms with Gasteiger partial charge >= 0.3 is 0 Å². The van der Waals surface area contributed by atoms with E-state index in [0.29, 0.717) is 6.42 Å². The molecule has 1 aliphatic rings. The lowest BCUT2D eigenvalue weighted by atomic mass is 9.90. The smallest absolute Gasteiger partial charge is 0.115 e. The highest BCUT2D eigenvalue weighted by atomic mass is 16.3. The first kappa shape index (κ1) is 17.9. The maximum atomic E-state index is 9.81. The molecule has 0 aromatic heterocycles. The molecule has 0 aliphatic carbocycles. The Morgan fingerprint density at radius 3 is 2.40 bits per heavy atom. The van der Waals surface area contributed by atoms with Gasteiger partial charge in [-0.15, -0.1) is 0 Å². The normalized spacial score (nSPS) is 21.0. The zero-order chi connectivity index (χ0) is 14.8. The van der Waals surface area contributed by atoms with Crippen molar-refractivity contribution in [1.82, 2.24) is 4.90 Å². The van der Waals surface area contributed by atoms with E-state index in [9.17, 15) is 5.11 Å². The van der Waals surface area contributed by atoms with Crippen molar-refractivity contribution in [2.75, 3.05) is 32.8 Å². The second-order valence-corrected chi connectivity index (χ2v) is 6.25. The first-order valence-corrected chi connectivity index (χ1v) is 8.12. The fourth-order valence-corrected chi connectivity index (χ4v) is 2.99. The van der Waals surface area contributed by atoms with E-state index in [-0.39, 0.29) is 13.0 Å². The molecule has 1 aliphatic heterocycles. The van der Waals surface area contributed by atoms with Crippen LogP contribution in [0.3, 0.4) is 0 Å². The Balaban J connectivity index is 2.07. The van der Waals surface area contributed by atoms with Gasteiger partial charge in [0.15, 0.2) is 0 Å². The Morgan fingerprint density at radius 2 is 1.80 bits per heavy atom. The number of likely N-dealkylation sites (tertiary alicyclic amines) is 1. The molecule has 1 rings (SSSR count). The minimum absolute atomic E-state index is 0.0474. The topological polar surface area (TPSA) is 95.7 Å². The van der Waals surface area contributed by atoms with Crippen LogP contribution in [-0.4, -0.2) is 53.6 Å². The van der Waals surface area contributed by atoms with Crippen LogP contribution in [0.25, 0.3) is 0 Å². The average molecular weight is 287 g/mol. The van der Waals surface area contributed by atoms with Gasteiger partial charge in [-0.1, -0.05) is 6.42 Å². The molecule has 6 N–H and O–H groups in total. The summed E-state index contributed by atoms with van der Waals surface area (Å²) in [5, 5.41) is 18.6. The van der Waals surface area contributed by atoms with Crippen molar-refractivity contribution in [3.8, 4) is 0 Å². The maximum Gasteiger partial charge on any atom is 0.115 e. The minimum Gasteiger partial charge on any atom is -0.396 e. The van der Waals surface area contributed by atoms with Gasteiger partial charge in [0.2, 0.25) is 0 Å². The van der Waals surface area contributed by atoms with Crippen molar-refractivity contribution < 1.29 is 10.2 Å². The number of rotatable bonds is 10. The first-order chi connectivity index (χ1) is 9.57. The summed E-state index contributed by atoms with van der Waals surface area (Å²) in [7, 11) is 0. The molecule has 0 amide bonds. The van der Waals surface area contributed by atoms with Gasteiger partial charge in [0.1, 0.15) is 5.72 Å². The summed E-state index contributed by atoms with van der Waals surface area (Å²) >= 11 is 0. The number of aliphatic hydroxyl groups excluding tert-OH is 1. The van der Waals surface area contributed by atoms with E-state index < -0.39 is 5.72 Å². The molecule has 1 fully saturated rings. The molecular weight excluding hydrogens is 254 g/mol. The fourth-order valence-electron chi connectivity index (χ4n) is 2.99. The summed E-state index contributed by atoms with van der Waals surface area (Å²) in [6.45, 7) is 4.32. The highest BCUT2D eigenvalue weighted by Crippen LogP contribution is 2.24. The Morgan fingerprint density at radius 1 is 1.10 bits per heavy atom. The van der Waals surface area contributed by atoms with Crippen LogP contribution in [0.15, 0.2) is 0 Å². The van der Waals surface area contributed by atoms with E-state index in [1.54, 1.807) is 0 Å². The van der Waals surface area contributed by atoms with Crippen molar-refractivity contribution >= 4 is 0 Å². The third-order valence-electron chi connectivity index (χ3n) is 4.40. The van der Waals surface area contributed by atoms with Gasteiger partial charge in [-0.25, -0.2) is 0 Å². The van der Waals surface area contributed by atoms with E-state index in [0.717, 1.165) is 31.7 Å². The predicted molar refractivity (Wildman–Crippen MR) is 82.1 cm³/mol. The first-order valence-electron chi connectivity index (χ1n) is 8.12. The largest absolute Gasteiger partial charge is 0.396 e. The van der Waals surface area contributed by atoms with Gasteiger partial charge in [-0.05, 0) is 70.6 Å². The lowest BCUT2D eigenvalue weighted by Gasteiger charge is -2.32. The molecule has 120 valence electrons. The summed E-state index contributed by atoms with van der Waals surface area (Å²) < 4.78 is 0. The lowest BCUT2D eigenvalue weighted by molar-refractivity contribution is 0.0100. The molecule has 1 unspecified atom stereocenters. The predicted octanol–water partition coefficient (Wildman–Crippen LogP) is 0.637. The molecule has 0 aromatic carbocycles. The number of unbranched alkanes of at least 4 members (excludes halogenated alkanes) is 1. The number of nitrogens with zero attached hydrogens (tertiary/aromatic N) is 1. The summed E-state index contributed by atoms with van der Waals surface area (Å²) in [5.41, 5.74) is 10.0. The van der Waals surface area contributed by atoms with Crippen molar-refractivity contribution in [2.24, 2.45) is 17.4 Å². The minimum atomic E-state index is -1.18. The lowest BCUT2D eigenvalue weighted by Crippen LogP contribution is -2.40. The molecule has 1 atom stereocenters. The van der Waals surface area contributed by atoms with Crippen molar-refractivity contribution in [2.45, 2.75) is 57.1 Å². The molecule has 0 aromatic rings. The summed E-state index contributed by atoms with van der Waals surface area (Å²) in [5.74, 6) is 0.769. The Bertz CT molecular complexity index is 241. The molecule has 0 spiro atoms. The van der Waals surface area contributed by atoms with Gasteiger partial charge in [0, 0.05) is 13.0 Å². The van der Waals surface area contributed by atoms with Crippen molar-refractivity contribution in [1.29, 1.82) is 0 Å². The van der Waals surface area contributed by atoms with Crippen LogP contribution in [0.4, 0.5) is 0 Å². The number of nitrogens with two attached hydrogens (primary N) is 2. The summed E-state index contributed by atoms with van der Waals surface area (Å²) in [6.07, 6.45) is 7.79. The second kappa shape index (κ2) is 9.68. The van der Waals surface area contributed by atoms with Gasteiger partial charge in [0.25, 0.3) is 0 Å². The molecule has 1 heterocycles. The van der Waals surface area contributed by atoms with Crippen LogP contribution in [0.2, 0.25) is 0 Å². The van der Waals surface area contributed by atoms with Gasteiger partial charge < -0.3 is 26.6 Å². The third kappa shape index (κ3) is 7.55. The van der Waals surface area contributed by atoms with E-state index in [4.69, 9.17) is 16.6 Å². The van der Waals surface area contributed by atoms with Crippen LogP contribution in [-0.2, 0) is 0 Å². The van der Waals surface area contributed by atoms with Gasteiger partial charge in [-0.3, -0.25) is 0 Å². The van der Waals surface area contributed by atoms with Gasteiger partial charge in [-0.2, -0.15) is 0 Å². The number of hydrogen-bond acceptors (Lipinski definition) is 5. The van der Waals surface area contributed by atoms with E-state index in [2.05, 4.69) is 4.90 Å². The molecule has 5 heteroatoms. The Hall–Kier alpha value is -0.200. The third-order valence-corrected chi connectivity index (χ3v) is 4.40. The fraction of sp³-hybridized carbons (Fsp3) is 1.00. The number of piperidine rings is 1. The zero-order valence-electron chi connectivity index (χ0n) is 12.8. The quantitative estimate of drug-likeness (QED) is 0.349. The van der Waals surface area contributed by atoms with Crippen molar-refractivity contribution in [3.05, 3.63) is 0 Å². The molecule has 0 saturated carbocycles. The zero-order valence-corrected chi connectivity index (χ0v) is 12.8. The standard InChI is InChI=1S/C15H33N3O2/c16-9-1-2-10-18-11-5-14(6-12-18)4-3-7-15(17,20)8-13-19/h14,19-20H,1-13,16-17H2. The van der Waals surface area contributed by atoms with Crippen LogP contribution < -0.4 is 11.5 Å². The average Bonchev–Trinajstić information content (AvgIpc) is 2.40. The second-order valence-electron chi connectivity index (χ2n) is 6.25. The van der Waals surface area contributed by atoms with Gasteiger partial charge in [0.05, 0.1) is 0 Å². The molecule has 5 nitrogen and oxygen atoms in total. The highest BCUT2D eigenvalue weighted by molar-refractivity contribution is 4.75. The van der Waals surface area contributed by atoms with Crippen LogP contribution in [0.5, 0.6) is 0 Å². The van der Waals surface area contributed by atoms with Crippen molar-refractivity contribution in [3.63, 3.8) is 0 Å².